The fourth-order valence-corrected chi connectivity index (χ4v) is 17.6. The van der Waals surface area contributed by atoms with Crippen LogP contribution in [-0.2, 0) is 19.2 Å². The number of carbonyl (C=O) groups is 4. The van der Waals surface area contributed by atoms with Gasteiger partial charge in [-0.15, -0.1) is 0 Å². The minimum atomic E-state index is -0.321. The van der Waals surface area contributed by atoms with Crippen LogP contribution in [0.2, 0.25) is 0 Å². The summed E-state index contributed by atoms with van der Waals surface area (Å²) in [6, 6.07) is 56.9. The van der Waals surface area contributed by atoms with Gasteiger partial charge in [0, 0.05) is 140 Å². The number of pyridine rings is 8. The summed E-state index contributed by atoms with van der Waals surface area (Å²) in [6.45, 7) is 11.6. The first-order valence-corrected chi connectivity index (χ1v) is 48.5. The number of amides is 4. The van der Waals surface area contributed by atoms with Crippen molar-refractivity contribution in [2.24, 2.45) is 11.8 Å². The Morgan fingerprint density at radius 1 is 0.280 bits per heavy atom. The fourth-order valence-electron chi connectivity index (χ4n) is 17.6. The minimum absolute atomic E-state index is 0.0182. The third-order valence-electron chi connectivity index (χ3n) is 25.5. The first-order chi connectivity index (χ1) is 73.1. The quantitative estimate of drug-likeness (QED) is 0.0250. The van der Waals surface area contributed by atoms with Crippen molar-refractivity contribution >= 4 is 134 Å². The van der Waals surface area contributed by atoms with Crippen molar-refractivity contribution in [2.75, 3.05) is 21.3 Å². The second-order valence-corrected chi connectivity index (χ2v) is 36.3. The Bertz CT molecular complexity index is 9260. The average molecular weight is 1990 g/mol. The highest BCUT2D eigenvalue weighted by Gasteiger charge is 2.25. The first-order valence-electron chi connectivity index (χ1n) is 48.5. The Morgan fingerprint density at radius 2 is 0.560 bits per heavy atom. The monoisotopic (exact) mass is 1990 g/mol. The van der Waals surface area contributed by atoms with Gasteiger partial charge in [-0.1, -0.05) is 121 Å². The van der Waals surface area contributed by atoms with E-state index in [2.05, 4.69) is 129 Å². The number of anilines is 4. The maximum Gasteiger partial charge on any atom is 0.227 e. The molecule has 0 spiro atoms. The summed E-state index contributed by atoms with van der Waals surface area (Å²) in [5, 5.41) is 45.5. The predicted octanol–water partition coefficient (Wildman–Crippen LogP) is 24.9. The van der Waals surface area contributed by atoms with Crippen LogP contribution in [-0.4, -0.2) is 144 Å². The van der Waals surface area contributed by atoms with E-state index in [1.54, 1.807) is 123 Å². The second-order valence-electron chi connectivity index (χ2n) is 36.3. The Balaban J connectivity index is 0.000000117. The molecule has 0 saturated carbocycles. The number of nitrogens with one attached hydrogen (secondary N) is 12. The number of carbonyl (C=O) groups excluding carboxylic acids is 4. The number of aromatic nitrogens is 24. The SMILES string of the molecule is CC(C)C(=O)Nc1cncc(-c2ccc3[nH]nc(-c4nc5c(-c6cccc(F)c6)cncc5[nH]4)c3c2)c1.CCC(C)C(=O)Nc1cncc(-c2ccc3[nH]nc(-c4nc5c(-c6cccc(F)c6)cncc5[nH]4)c3c2)c1.CCCC(=O)Nc1cncc(-c2ccc3[nH]nc(-c4nc5c(-c6cccc(F)c6)cncc5[nH]4)c3c2)c1.CCCCC(=O)Nc1cncc(-c2ccc3[nH]nc(-c4nc5c(-c6cccc(F)c6)cncc5[nH]4)c3c2)c1. The summed E-state index contributed by atoms with van der Waals surface area (Å²) in [7, 11) is 0. The van der Waals surface area contributed by atoms with Crippen LogP contribution >= 0.6 is 0 Å². The Kier molecular flexibility index (Phi) is 27.2. The van der Waals surface area contributed by atoms with E-state index in [4.69, 9.17) is 19.9 Å². The molecule has 16 heterocycles. The molecule has 0 aliphatic carbocycles. The van der Waals surface area contributed by atoms with Gasteiger partial charge in [0.05, 0.1) is 139 Å². The van der Waals surface area contributed by atoms with Gasteiger partial charge in [-0.2, -0.15) is 20.4 Å². The van der Waals surface area contributed by atoms with Crippen LogP contribution in [0.25, 0.3) is 223 Å². The van der Waals surface area contributed by atoms with Crippen molar-refractivity contribution in [3.63, 3.8) is 0 Å². The average Bonchev–Trinajstić information content (AvgIpc) is 1.62. The van der Waals surface area contributed by atoms with E-state index >= 15 is 0 Å². The van der Waals surface area contributed by atoms with E-state index in [0.29, 0.717) is 126 Å². The molecule has 8 aromatic carbocycles. The summed E-state index contributed by atoms with van der Waals surface area (Å²) in [6.07, 6.45) is 31.4. The third-order valence-corrected chi connectivity index (χ3v) is 25.5. The Hall–Kier alpha value is -19.7. The molecule has 16 aromatic heterocycles. The zero-order valence-electron chi connectivity index (χ0n) is 81.4. The van der Waals surface area contributed by atoms with E-state index in [1.165, 1.54) is 48.5 Å². The van der Waals surface area contributed by atoms with Gasteiger partial charge in [0.1, 0.15) is 46.0 Å². The van der Waals surface area contributed by atoms with Gasteiger partial charge < -0.3 is 41.2 Å². The number of unbranched alkanes of at least 4 members (excludes halogenated alkanes) is 1. The molecule has 32 nitrogen and oxygen atoms in total. The van der Waals surface area contributed by atoms with E-state index < -0.39 is 0 Å². The lowest BCUT2D eigenvalue weighted by Gasteiger charge is -2.11. The van der Waals surface area contributed by atoms with Gasteiger partial charge in [-0.05, 0) is 185 Å². The maximum absolute atomic E-state index is 13.9. The van der Waals surface area contributed by atoms with E-state index in [1.807, 2.05) is 156 Å². The topological polar surface area (TPSA) is 449 Å². The van der Waals surface area contributed by atoms with E-state index in [-0.39, 0.29) is 58.7 Å². The molecular formula is C114H92F4N28O4. The molecule has 0 aliphatic rings. The van der Waals surface area contributed by atoms with Crippen LogP contribution in [0.1, 0.15) is 80.1 Å². The molecule has 0 bridgehead atoms. The van der Waals surface area contributed by atoms with Crippen molar-refractivity contribution in [3.8, 4) is 135 Å². The molecule has 24 rings (SSSR count). The lowest BCUT2D eigenvalue weighted by Crippen LogP contribution is -2.19. The number of hydrogen-bond donors (Lipinski definition) is 12. The van der Waals surface area contributed by atoms with Crippen LogP contribution in [0.5, 0.6) is 0 Å². The van der Waals surface area contributed by atoms with Crippen molar-refractivity contribution in [3.05, 3.63) is 317 Å². The van der Waals surface area contributed by atoms with Gasteiger partial charge in [0.25, 0.3) is 0 Å². The fraction of sp³-hybridized carbons (Fsp3) is 0.123. The Labute approximate surface area is 851 Å². The number of nitrogens with zero attached hydrogens (tertiary/aromatic N) is 16. The van der Waals surface area contributed by atoms with Gasteiger partial charge in [0.15, 0.2) is 23.3 Å². The number of aromatic amines is 8. The molecule has 1 unspecified atom stereocenters. The van der Waals surface area contributed by atoms with Crippen LogP contribution in [0.15, 0.2) is 293 Å². The van der Waals surface area contributed by atoms with Crippen molar-refractivity contribution in [1.82, 2.24) is 121 Å². The molecule has 150 heavy (non-hydrogen) atoms. The van der Waals surface area contributed by atoms with Crippen molar-refractivity contribution in [1.29, 1.82) is 0 Å². The van der Waals surface area contributed by atoms with Crippen molar-refractivity contribution < 1.29 is 36.7 Å². The third kappa shape index (κ3) is 20.7. The summed E-state index contributed by atoms with van der Waals surface area (Å²) in [4.78, 5) is 116. The Morgan fingerprint density at radius 3 is 0.833 bits per heavy atom. The zero-order valence-corrected chi connectivity index (χ0v) is 81.4. The molecule has 740 valence electrons. The highest BCUT2D eigenvalue weighted by atomic mass is 19.1. The molecule has 12 N–H and O–H groups in total. The second kappa shape index (κ2) is 42.3. The van der Waals surface area contributed by atoms with Crippen LogP contribution < -0.4 is 21.3 Å². The van der Waals surface area contributed by atoms with Gasteiger partial charge in [0.2, 0.25) is 23.6 Å². The molecule has 0 saturated heterocycles. The predicted molar refractivity (Wildman–Crippen MR) is 574 cm³/mol. The number of imidazole rings is 4. The zero-order chi connectivity index (χ0) is 103. The van der Waals surface area contributed by atoms with Crippen LogP contribution in [0.4, 0.5) is 40.3 Å². The number of hydrogen-bond acceptors (Lipinski definition) is 20. The summed E-state index contributed by atoms with van der Waals surface area (Å²) < 4.78 is 55.5. The molecule has 1 atom stereocenters. The molecule has 0 aliphatic heterocycles. The molecular weight excluding hydrogens is 1900 g/mol. The standard InChI is InChI=1S/2C29H24FN7O.2C28H22FN7O/c1-3-16(2)29(38)33-21-10-19(12-31-13-21)17-7-8-24-22(11-17)27(37-36-24)28-34-25-15-32-14-23(26(25)35-28)18-5-4-6-20(30)9-18;1-2-3-7-26(38)33-21-11-19(13-31-14-21)17-8-9-24-22(12-17)28(37-36-24)29-34-25-16-32-15-23(27(25)35-29)18-5-4-6-20(30)10-18;1-15(2)28(37)32-20-9-18(11-30-12-20)16-6-7-23-21(10-16)26(36-35-23)27-33-24-14-31-13-22(25(24)34-27)17-4-3-5-19(29)8-17;1-2-4-25(37)32-20-10-18(12-30-13-20)16-7-8-23-21(11-16)27(36-35-23)28-33-24-15-31-14-22(26(24)34-28)17-5-3-6-19(29)9-17/h4-16H,3H2,1-2H3,(H,33,38)(H,34,35)(H,36,37);4-6,8-16H,2-3,7H2,1H3,(H,33,38)(H,34,35)(H,36,37);3-15H,1-2H3,(H,32,37)(H,33,34)(H,35,36);3,5-15H,2,4H2,1H3,(H,32,37)(H,33,34)(H,35,36). The van der Waals surface area contributed by atoms with Gasteiger partial charge >= 0.3 is 0 Å². The van der Waals surface area contributed by atoms with Crippen LogP contribution in [0, 0.1) is 35.1 Å². The molecule has 24 aromatic rings. The highest BCUT2D eigenvalue weighted by molar-refractivity contribution is 6.05. The van der Waals surface area contributed by atoms with E-state index in [0.717, 1.165) is 158 Å². The molecule has 4 amide bonds. The maximum atomic E-state index is 13.9. The van der Waals surface area contributed by atoms with E-state index in [9.17, 15) is 36.7 Å². The number of fused-ring (bicyclic) bond motifs is 8. The number of H-pyrrole nitrogens is 8. The largest absolute Gasteiger partial charge is 0.335 e. The molecule has 0 radical (unpaired) electrons. The summed E-state index contributed by atoms with van der Waals surface area (Å²) in [5.41, 5.74) is 27.1. The van der Waals surface area contributed by atoms with Gasteiger partial charge in [-0.25, -0.2) is 37.5 Å². The number of halogens is 4. The number of benzene rings is 8. The lowest BCUT2D eigenvalue weighted by molar-refractivity contribution is -0.120. The van der Waals surface area contributed by atoms with Gasteiger partial charge in [-0.3, -0.25) is 79.4 Å². The highest BCUT2D eigenvalue weighted by Crippen LogP contribution is 2.41. The molecule has 0 fully saturated rings. The minimum Gasteiger partial charge on any atom is -0.335 e. The molecule has 36 heteroatoms. The summed E-state index contributed by atoms with van der Waals surface area (Å²) in [5.74, 6) is 0.643. The number of rotatable bonds is 24. The lowest BCUT2D eigenvalue weighted by atomic mass is 10.0. The first kappa shape index (κ1) is 96.5. The van der Waals surface area contributed by atoms with Crippen molar-refractivity contribution in [2.45, 2.75) is 80.1 Å². The normalized spacial score (nSPS) is 11.6. The summed E-state index contributed by atoms with van der Waals surface area (Å²) >= 11 is 0. The smallest absolute Gasteiger partial charge is 0.227 e. The van der Waals surface area contributed by atoms with Crippen LogP contribution in [0.3, 0.4) is 0 Å².